The molecule has 0 spiro atoms. The summed E-state index contributed by atoms with van der Waals surface area (Å²) >= 11 is 0. The van der Waals surface area contributed by atoms with Gasteiger partial charge in [0, 0.05) is 39.0 Å². The van der Waals surface area contributed by atoms with Gasteiger partial charge in [0.1, 0.15) is 5.82 Å². The van der Waals surface area contributed by atoms with E-state index >= 15 is 0 Å². The Morgan fingerprint density at radius 3 is 2.61 bits per heavy atom. The second kappa shape index (κ2) is 9.88. The first-order chi connectivity index (χ1) is 15.1. The van der Waals surface area contributed by atoms with E-state index < -0.39 is 0 Å². The van der Waals surface area contributed by atoms with Gasteiger partial charge in [0.15, 0.2) is 5.82 Å². The van der Waals surface area contributed by atoms with Crippen LogP contribution in [0.4, 0.5) is 0 Å². The molecule has 1 aliphatic rings. The quantitative estimate of drug-likeness (QED) is 0.640. The van der Waals surface area contributed by atoms with E-state index in [9.17, 15) is 4.79 Å². The van der Waals surface area contributed by atoms with E-state index in [-0.39, 0.29) is 11.9 Å². The van der Waals surface area contributed by atoms with Gasteiger partial charge in [0.25, 0.3) is 0 Å². The molecule has 162 valence electrons. The number of hydrogen-bond donors (Lipinski definition) is 1. The number of amides is 1. The maximum absolute atomic E-state index is 12.5. The van der Waals surface area contributed by atoms with E-state index in [1.165, 1.54) is 16.7 Å². The largest absolute Gasteiger partial charge is 0.346 e. The molecule has 1 amide bonds. The highest BCUT2D eigenvalue weighted by atomic mass is 16.1. The van der Waals surface area contributed by atoms with Crippen molar-refractivity contribution in [2.45, 2.75) is 52.2 Å². The lowest BCUT2D eigenvalue weighted by Crippen LogP contribution is -2.30. The van der Waals surface area contributed by atoms with Crippen molar-refractivity contribution in [1.29, 1.82) is 0 Å². The molecule has 0 saturated carbocycles. The second-order valence-corrected chi connectivity index (χ2v) is 8.35. The van der Waals surface area contributed by atoms with Crippen LogP contribution in [0.5, 0.6) is 0 Å². The van der Waals surface area contributed by atoms with Crippen LogP contribution in [0.3, 0.4) is 0 Å². The smallest absolute Gasteiger partial charge is 0.220 e. The highest BCUT2D eigenvalue weighted by Crippen LogP contribution is 2.18. The van der Waals surface area contributed by atoms with Gasteiger partial charge in [-0.25, -0.2) is 0 Å². The van der Waals surface area contributed by atoms with Gasteiger partial charge in [-0.3, -0.25) is 9.69 Å². The average Bonchev–Trinajstić information content (AvgIpc) is 3.09. The van der Waals surface area contributed by atoms with Crippen LogP contribution in [0.2, 0.25) is 0 Å². The molecule has 2 aromatic carbocycles. The Labute approximate surface area is 184 Å². The summed E-state index contributed by atoms with van der Waals surface area (Å²) in [6.45, 7) is 7.86. The lowest BCUT2D eigenvalue weighted by Gasteiger charge is -2.21. The zero-order chi connectivity index (χ0) is 21.6. The van der Waals surface area contributed by atoms with Gasteiger partial charge in [-0.15, -0.1) is 10.2 Å². The lowest BCUT2D eigenvalue weighted by molar-refractivity contribution is -0.121. The first-order valence-electron chi connectivity index (χ1n) is 11.1. The third kappa shape index (κ3) is 5.39. The van der Waals surface area contributed by atoms with E-state index in [1.807, 2.05) is 25.1 Å². The minimum absolute atomic E-state index is 0.0449. The summed E-state index contributed by atoms with van der Waals surface area (Å²) in [6.07, 6.45) is 2.08. The van der Waals surface area contributed by atoms with Crippen molar-refractivity contribution >= 4 is 5.91 Å². The fourth-order valence-electron chi connectivity index (χ4n) is 4.18. The van der Waals surface area contributed by atoms with E-state index in [4.69, 9.17) is 0 Å². The number of nitrogens with one attached hydrogen (secondary N) is 1. The molecule has 0 radical (unpaired) electrons. The summed E-state index contributed by atoms with van der Waals surface area (Å²) in [6, 6.07) is 18.5. The van der Waals surface area contributed by atoms with Crippen molar-refractivity contribution in [3.05, 3.63) is 82.9 Å². The number of aromatic nitrogens is 3. The van der Waals surface area contributed by atoms with Crippen molar-refractivity contribution in [2.24, 2.45) is 0 Å². The molecule has 0 bridgehead atoms. The Hall–Kier alpha value is -2.99. The van der Waals surface area contributed by atoms with Gasteiger partial charge >= 0.3 is 0 Å². The van der Waals surface area contributed by atoms with E-state index in [1.54, 1.807) is 0 Å². The van der Waals surface area contributed by atoms with Gasteiger partial charge in [-0.1, -0.05) is 54.6 Å². The van der Waals surface area contributed by atoms with Crippen LogP contribution in [0.1, 0.15) is 47.7 Å². The summed E-state index contributed by atoms with van der Waals surface area (Å²) in [7, 11) is 0. The standard InChI is InChI=1S/C25H31N5O/c1-19-8-6-7-11-22(19)18-29-15-14-23-27-28-25(30(23)17-16-29)20(2)26-24(31)13-12-21-9-4-3-5-10-21/h3-11,20H,12-18H2,1-2H3,(H,26,31)/t20-/m1/s1. The summed E-state index contributed by atoms with van der Waals surface area (Å²) in [5.41, 5.74) is 3.88. The normalized spacial score (nSPS) is 15.2. The van der Waals surface area contributed by atoms with Gasteiger partial charge in [0.2, 0.25) is 5.91 Å². The van der Waals surface area contributed by atoms with Gasteiger partial charge in [0.05, 0.1) is 6.04 Å². The summed E-state index contributed by atoms with van der Waals surface area (Å²) < 4.78 is 2.19. The Morgan fingerprint density at radius 2 is 1.81 bits per heavy atom. The average molecular weight is 418 g/mol. The van der Waals surface area contributed by atoms with Gasteiger partial charge in [-0.05, 0) is 37.0 Å². The Morgan fingerprint density at radius 1 is 1.03 bits per heavy atom. The molecule has 6 nitrogen and oxygen atoms in total. The molecule has 0 aliphatic carbocycles. The van der Waals surface area contributed by atoms with E-state index in [2.05, 4.69) is 68.3 Å². The van der Waals surface area contributed by atoms with Crippen LogP contribution in [0.15, 0.2) is 54.6 Å². The number of nitrogens with zero attached hydrogens (tertiary/aromatic N) is 4. The molecule has 1 aromatic heterocycles. The van der Waals surface area contributed by atoms with Gasteiger partial charge in [-0.2, -0.15) is 0 Å². The number of rotatable bonds is 7. The number of carbonyl (C=O) groups excluding carboxylic acids is 1. The molecule has 2 heterocycles. The maximum atomic E-state index is 12.5. The molecule has 0 unspecified atom stereocenters. The molecule has 1 aliphatic heterocycles. The molecule has 1 atom stereocenters. The third-order valence-corrected chi connectivity index (χ3v) is 6.05. The zero-order valence-corrected chi connectivity index (χ0v) is 18.4. The van der Waals surface area contributed by atoms with Crippen molar-refractivity contribution in [3.8, 4) is 0 Å². The van der Waals surface area contributed by atoms with Crippen LogP contribution >= 0.6 is 0 Å². The number of hydrogen-bond acceptors (Lipinski definition) is 4. The van der Waals surface area contributed by atoms with Crippen molar-refractivity contribution in [2.75, 3.05) is 13.1 Å². The molecular weight excluding hydrogens is 386 g/mol. The van der Waals surface area contributed by atoms with Crippen LogP contribution < -0.4 is 5.32 Å². The predicted octanol–water partition coefficient (Wildman–Crippen LogP) is 3.45. The predicted molar refractivity (Wildman–Crippen MR) is 122 cm³/mol. The van der Waals surface area contributed by atoms with Crippen molar-refractivity contribution in [1.82, 2.24) is 25.0 Å². The minimum atomic E-state index is -0.160. The summed E-state index contributed by atoms with van der Waals surface area (Å²) in [4.78, 5) is 14.9. The Balaban J connectivity index is 1.34. The second-order valence-electron chi connectivity index (χ2n) is 8.35. The minimum Gasteiger partial charge on any atom is -0.346 e. The molecule has 0 fully saturated rings. The maximum Gasteiger partial charge on any atom is 0.220 e. The third-order valence-electron chi connectivity index (χ3n) is 6.05. The number of benzene rings is 2. The van der Waals surface area contributed by atoms with Crippen LogP contribution in [0, 0.1) is 6.92 Å². The van der Waals surface area contributed by atoms with Crippen molar-refractivity contribution < 1.29 is 4.79 Å². The number of aryl methyl sites for hydroxylation is 2. The molecule has 3 aromatic rings. The fourth-order valence-corrected chi connectivity index (χ4v) is 4.18. The molecular formula is C25H31N5O. The molecule has 0 saturated heterocycles. The highest BCUT2D eigenvalue weighted by molar-refractivity contribution is 5.76. The van der Waals surface area contributed by atoms with E-state index in [0.717, 1.165) is 50.7 Å². The van der Waals surface area contributed by atoms with Crippen LogP contribution in [-0.2, 0) is 30.7 Å². The molecule has 31 heavy (non-hydrogen) atoms. The summed E-state index contributed by atoms with van der Waals surface area (Å²) in [5, 5.41) is 12.0. The molecule has 1 N–H and O–H groups in total. The SMILES string of the molecule is Cc1ccccc1CN1CCc2nnc([C@@H](C)NC(=O)CCc3ccccc3)n2CC1. The highest BCUT2D eigenvalue weighted by Gasteiger charge is 2.23. The summed E-state index contributed by atoms with van der Waals surface area (Å²) in [5.74, 6) is 1.90. The topological polar surface area (TPSA) is 63.1 Å². The Bertz CT molecular complexity index is 1010. The van der Waals surface area contributed by atoms with E-state index in [0.29, 0.717) is 6.42 Å². The fraction of sp³-hybridized carbons (Fsp3) is 0.400. The number of carbonyl (C=O) groups is 1. The number of fused-ring (bicyclic) bond motifs is 1. The molecule has 6 heteroatoms. The monoisotopic (exact) mass is 417 g/mol. The molecule has 4 rings (SSSR count). The Kier molecular flexibility index (Phi) is 6.77. The first-order valence-corrected chi connectivity index (χ1v) is 11.1. The van der Waals surface area contributed by atoms with Crippen LogP contribution in [0.25, 0.3) is 0 Å². The first kappa shape index (κ1) is 21.2. The van der Waals surface area contributed by atoms with Crippen LogP contribution in [-0.4, -0.2) is 38.7 Å². The van der Waals surface area contributed by atoms with Gasteiger partial charge < -0.3 is 9.88 Å². The zero-order valence-electron chi connectivity index (χ0n) is 18.4. The lowest BCUT2D eigenvalue weighted by atomic mass is 10.1. The van der Waals surface area contributed by atoms with Crippen molar-refractivity contribution in [3.63, 3.8) is 0 Å².